The molecule has 1 saturated heterocycles. The van der Waals surface area contributed by atoms with Crippen LogP contribution in [0.3, 0.4) is 0 Å². The Morgan fingerprint density at radius 2 is 2.13 bits per heavy atom. The van der Waals surface area contributed by atoms with E-state index in [1.54, 1.807) is 0 Å². The normalized spacial score (nSPS) is 29.3. The van der Waals surface area contributed by atoms with E-state index in [1.165, 1.54) is 0 Å². The van der Waals surface area contributed by atoms with Gasteiger partial charge in [0.05, 0.1) is 12.1 Å². The van der Waals surface area contributed by atoms with Gasteiger partial charge in [-0.2, -0.15) is 0 Å². The summed E-state index contributed by atoms with van der Waals surface area (Å²) in [6.45, 7) is 0.732. The number of nitrogens with one attached hydrogen (secondary N) is 1. The molecule has 2 N–H and O–H groups in total. The van der Waals surface area contributed by atoms with Gasteiger partial charge in [-0.1, -0.05) is 12.8 Å². The zero-order valence-electron chi connectivity index (χ0n) is 9.00. The number of hydrogen-bond donors (Lipinski definition) is 2. The quantitative estimate of drug-likeness (QED) is 0.721. The first-order valence-electron chi connectivity index (χ1n) is 5.80. The Hall–Kier alpha value is -0.610. The fourth-order valence-corrected chi connectivity index (χ4v) is 2.50. The maximum atomic E-state index is 11.8. The molecule has 1 aliphatic heterocycles. The molecule has 4 nitrogen and oxygen atoms in total. The van der Waals surface area contributed by atoms with Gasteiger partial charge in [-0.25, -0.2) is 0 Å². The van der Waals surface area contributed by atoms with Gasteiger partial charge in [0.15, 0.2) is 0 Å². The number of ether oxygens (including phenoxy) is 1. The van der Waals surface area contributed by atoms with Crippen LogP contribution in [0.25, 0.3) is 0 Å². The molecule has 0 spiro atoms. The Morgan fingerprint density at radius 3 is 2.67 bits per heavy atom. The second-order valence-electron chi connectivity index (χ2n) is 4.64. The summed E-state index contributed by atoms with van der Waals surface area (Å²) in [5.41, 5.74) is -0.358. The monoisotopic (exact) mass is 213 g/mol. The van der Waals surface area contributed by atoms with E-state index in [4.69, 9.17) is 4.74 Å². The van der Waals surface area contributed by atoms with Crippen molar-refractivity contribution in [1.82, 2.24) is 5.32 Å². The molecular weight excluding hydrogens is 194 g/mol. The van der Waals surface area contributed by atoms with Gasteiger partial charge in [-0.05, 0) is 25.7 Å². The SMILES string of the molecule is O=C(NC1(CO)CCCC1)C1CCCO1. The van der Waals surface area contributed by atoms with E-state index >= 15 is 0 Å². The summed E-state index contributed by atoms with van der Waals surface area (Å²) < 4.78 is 5.32. The summed E-state index contributed by atoms with van der Waals surface area (Å²) in [4.78, 5) is 11.8. The molecule has 1 unspecified atom stereocenters. The van der Waals surface area contributed by atoms with Gasteiger partial charge >= 0.3 is 0 Å². The van der Waals surface area contributed by atoms with Crippen LogP contribution >= 0.6 is 0 Å². The average molecular weight is 213 g/mol. The molecule has 86 valence electrons. The molecule has 0 aromatic rings. The lowest BCUT2D eigenvalue weighted by molar-refractivity contribution is -0.132. The third-order valence-corrected chi connectivity index (χ3v) is 3.47. The highest BCUT2D eigenvalue weighted by Crippen LogP contribution is 2.29. The molecular formula is C11H19NO3. The van der Waals surface area contributed by atoms with Gasteiger partial charge in [-0.3, -0.25) is 4.79 Å². The predicted molar refractivity (Wildman–Crippen MR) is 55.4 cm³/mol. The molecule has 0 aromatic carbocycles. The van der Waals surface area contributed by atoms with Crippen LogP contribution in [0.4, 0.5) is 0 Å². The Balaban J connectivity index is 1.91. The topological polar surface area (TPSA) is 58.6 Å². The van der Waals surface area contributed by atoms with E-state index in [0.29, 0.717) is 6.61 Å². The molecule has 15 heavy (non-hydrogen) atoms. The van der Waals surface area contributed by atoms with Crippen LogP contribution in [0.15, 0.2) is 0 Å². The zero-order valence-corrected chi connectivity index (χ0v) is 9.00. The summed E-state index contributed by atoms with van der Waals surface area (Å²) >= 11 is 0. The van der Waals surface area contributed by atoms with E-state index in [-0.39, 0.29) is 24.2 Å². The van der Waals surface area contributed by atoms with Crippen molar-refractivity contribution >= 4 is 5.91 Å². The predicted octanol–water partition coefficient (Wildman–Crippen LogP) is 0.587. The van der Waals surface area contributed by atoms with Gasteiger partial charge in [0.25, 0.3) is 0 Å². The van der Waals surface area contributed by atoms with Crippen molar-refractivity contribution in [3.8, 4) is 0 Å². The van der Waals surface area contributed by atoms with Crippen LogP contribution in [-0.2, 0) is 9.53 Å². The molecule has 2 fully saturated rings. The highest BCUT2D eigenvalue weighted by molar-refractivity contribution is 5.81. The summed E-state index contributed by atoms with van der Waals surface area (Å²) in [5, 5.41) is 12.3. The number of carbonyl (C=O) groups is 1. The zero-order chi connectivity index (χ0) is 10.7. The number of aliphatic hydroxyl groups is 1. The second-order valence-corrected chi connectivity index (χ2v) is 4.64. The van der Waals surface area contributed by atoms with Crippen LogP contribution in [0.1, 0.15) is 38.5 Å². The second kappa shape index (κ2) is 4.49. The maximum Gasteiger partial charge on any atom is 0.249 e. The van der Waals surface area contributed by atoms with Crippen molar-refractivity contribution in [3.63, 3.8) is 0 Å². The van der Waals surface area contributed by atoms with Crippen molar-refractivity contribution in [2.24, 2.45) is 0 Å². The molecule has 2 aliphatic rings. The van der Waals surface area contributed by atoms with Crippen molar-refractivity contribution < 1.29 is 14.6 Å². The van der Waals surface area contributed by atoms with Crippen molar-refractivity contribution in [1.29, 1.82) is 0 Å². The largest absolute Gasteiger partial charge is 0.394 e. The Labute approximate surface area is 90.0 Å². The summed E-state index contributed by atoms with van der Waals surface area (Å²) in [6.07, 6.45) is 5.45. The molecule has 0 bridgehead atoms. The minimum atomic E-state index is -0.358. The molecule has 1 amide bonds. The Bertz CT molecular complexity index is 230. The van der Waals surface area contributed by atoms with Gasteiger partial charge in [0.1, 0.15) is 6.10 Å². The number of amides is 1. The van der Waals surface area contributed by atoms with E-state index in [1.807, 2.05) is 0 Å². The summed E-state index contributed by atoms with van der Waals surface area (Å²) in [5.74, 6) is -0.0385. The lowest BCUT2D eigenvalue weighted by Gasteiger charge is -2.29. The van der Waals surface area contributed by atoms with Gasteiger partial charge in [0.2, 0.25) is 5.91 Å². The smallest absolute Gasteiger partial charge is 0.249 e. The van der Waals surface area contributed by atoms with Crippen LogP contribution in [0, 0.1) is 0 Å². The molecule has 1 heterocycles. The molecule has 2 rings (SSSR count). The third kappa shape index (κ3) is 2.32. The summed E-state index contributed by atoms with van der Waals surface area (Å²) in [6, 6.07) is 0. The van der Waals surface area contributed by atoms with Crippen LogP contribution in [-0.4, -0.2) is 35.9 Å². The van der Waals surface area contributed by atoms with E-state index in [9.17, 15) is 9.90 Å². The Morgan fingerprint density at radius 1 is 1.40 bits per heavy atom. The van der Waals surface area contributed by atoms with Gasteiger partial charge in [0, 0.05) is 6.61 Å². The lowest BCUT2D eigenvalue weighted by Crippen LogP contribution is -2.52. The molecule has 0 aromatic heterocycles. The number of rotatable bonds is 3. The van der Waals surface area contributed by atoms with E-state index in [0.717, 1.165) is 38.5 Å². The molecule has 0 radical (unpaired) electrons. The molecule has 1 atom stereocenters. The first-order valence-corrected chi connectivity index (χ1v) is 5.80. The minimum Gasteiger partial charge on any atom is -0.394 e. The first kappa shape index (κ1) is 10.9. The highest BCUT2D eigenvalue weighted by atomic mass is 16.5. The highest BCUT2D eigenvalue weighted by Gasteiger charge is 2.37. The molecule has 1 saturated carbocycles. The van der Waals surface area contributed by atoms with Crippen molar-refractivity contribution in [3.05, 3.63) is 0 Å². The van der Waals surface area contributed by atoms with Crippen LogP contribution < -0.4 is 5.32 Å². The lowest BCUT2D eigenvalue weighted by atomic mass is 9.98. The Kier molecular flexibility index (Phi) is 3.26. The van der Waals surface area contributed by atoms with Gasteiger partial charge < -0.3 is 15.2 Å². The minimum absolute atomic E-state index is 0.0385. The maximum absolute atomic E-state index is 11.8. The summed E-state index contributed by atoms with van der Waals surface area (Å²) in [7, 11) is 0. The van der Waals surface area contributed by atoms with Gasteiger partial charge in [-0.15, -0.1) is 0 Å². The molecule has 1 aliphatic carbocycles. The third-order valence-electron chi connectivity index (χ3n) is 3.47. The molecule has 4 heteroatoms. The average Bonchev–Trinajstić information content (AvgIpc) is 2.88. The number of aliphatic hydroxyl groups excluding tert-OH is 1. The fraction of sp³-hybridized carbons (Fsp3) is 0.909. The standard InChI is InChI=1S/C11H19NO3/c13-8-11(5-1-2-6-11)12-10(14)9-4-3-7-15-9/h9,13H,1-8H2,(H,12,14). The van der Waals surface area contributed by atoms with Crippen molar-refractivity contribution in [2.75, 3.05) is 13.2 Å². The fourth-order valence-electron chi connectivity index (χ4n) is 2.50. The van der Waals surface area contributed by atoms with Crippen LogP contribution in [0.2, 0.25) is 0 Å². The first-order chi connectivity index (χ1) is 7.26. The van der Waals surface area contributed by atoms with E-state index in [2.05, 4.69) is 5.32 Å². The number of carbonyl (C=O) groups excluding carboxylic acids is 1. The number of hydrogen-bond acceptors (Lipinski definition) is 3. The van der Waals surface area contributed by atoms with Crippen LogP contribution in [0.5, 0.6) is 0 Å². The van der Waals surface area contributed by atoms with E-state index < -0.39 is 0 Å². The van der Waals surface area contributed by atoms with Crippen molar-refractivity contribution in [2.45, 2.75) is 50.2 Å².